The van der Waals surface area contributed by atoms with Gasteiger partial charge in [0.25, 0.3) is 0 Å². The second kappa shape index (κ2) is 5.64. The molecule has 0 aliphatic heterocycles. The van der Waals surface area contributed by atoms with Crippen LogP contribution in [-0.2, 0) is 13.0 Å². The van der Waals surface area contributed by atoms with Crippen molar-refractivity contribution < 1.29 is 0 Å². The number of nitrogens with zero attached hydrogens (tertiary/aromatic N) is 2. The van der Waals surface area contributed by atoms with Gasteiger partial charge in [0.1, 0.15) is 0 Å². The van der Waals surface area contributed by atoms with E-state index in [1.807, 2.05) is 17.9 Å². The Morgan fingerprint density at radius 1 is 1.18 bits per heavy atom. The molecule has 1 aromatic carbocycles. The molecule has 3 heteroatoms. The van der Waals surface area contributed by atoms with E-state index in [1.165, 1.54) is 16.7 Å². The van der Waals surface area contributed by atoms with Crippen LogP contribution in [0, 0.1) is 6.92 Å². The Morgan fingerprint density at radius 3 is 2.47 bits per heavy atom. The SMILES string of the molecule is CNCCc1ccc(Cn2cc(C)cn2)cc1. The van der Waals surface area contributed by atoms with E-state index in [0.717, 1.165) is 19.5 Å². The predicted octanol–water partition coefficient (Wildman–Crippen LogP) is 2.00. The van der Waals surface area contributed by atoms with Gasteiger partial charge in [-0.05, 0) is 43.6 Å². The number of nitrogens with one attached hydrogen (secondary N) is 1. The van der Waals surface area contributed by atoms with Crippen LogP contribution >= 0.6 is 0 Å². The lowest BCUT2D eigenvalue weighted by atomic mass is 10.1. The molecule has 0 aliphatic carbocycles. The molecule has 1 N–H and O–H groups in total. The molecule has 0 unspecified atom stereocenters. The fraction of sp³-hybridized carbons (Fsp3) is 0.357. The molecule has 0 saturated carbocycles. The molecular weight excluding hydrogens is 210 g/mol. The van der Waals surface area contributed by atoms with Gasteiger partial charge < -0.3 is 5.32 Å². The topological polar surface area (TPSA) is 29.9 Å². The van der Waals surface area contributed by atoms with E-state index in [4.69, 9.17) is 0 Å². The molecule has 0 radical (unpaired) electrons. The molecule has 2 aromatic rings. The first-order valence-electron chi connectivity index (χ1n) is 5.99. The lowest BCUT2D eigenvalue weighted by Gasteiger charge is -2.04. The molecule has 17 heavy (non-hydrogen) atoms. The van der Waals surface area contributed by atoms with Gasteiger partial charge in [-0.1, -0.05) is 24.3 Å². The first-order valence-corrected chi connectivity index (χ1v) is 5.99. The molecule has 1 heterocycles. The first-order chi connectivity index (χ1) is 8.28. The monoisotopic (exact) mass is 229 g/mol. The summed E-state index contributed by atoms with van der Waals surface area (Å²) in [6.45, 7) is 3.93. The molecule has 0 fully saturated rings. The molecule has 0 spiro atoms. The lowest BCUT2D eigenvalue weighted by Crippen LogP contribution is -2.10. The van der Waals surface area contributed by atoms with Crippen LogP contribution in [0.5, 0.6) is 0 Å². The summed E-state index contributed by atoms with van der Waals surface area (Å²) < 4.78 is 1.97. The Labute approximate surface area is 102 Å². The molecule has 2 rings (SSSR count). The van der Waals surface area contributed by atoms with Crippen molar-refractivity contribution in [3.63, 3.8) is 0 Å². The Morgan fingerprint density at radius 2 is 1.88 bits per heavy atom. The van der Waals surface area contributed by atoms with Gasteiger partial charge in [0.15, 0.2) is 0 Å². The van der Waals surface area contributed by atoms with Crippen LogP contribution in [-0.4, -0.2) is 23.4 Å². The van der Waals surface area contributed by atoms with Gasteiger partial charge >= 0.3 is 0 Å². The maximum atomic E-state index is 4.29. The van der Waals surface area contributed by atoms with Gasteiger partial charge in [-0.3, -0.25) is 4.68 Å². The minimum absolute atomic E-state index is 0.847. The zero-order valence-electron chi connectivity index (χ0n) is 10.5. The van der Waals surface area contributed by atoms with E-state index in [-0.39, 0.29) is 0 Å². The van der Waals surface area contributed by atoms with Crippen LogP contribution in [0.4, 0.5) is 0 Å². The zero-order chi connectivity index (χ0) is 12.1. The minimum Gasteiger partial charge on any atom is -0.319 e. The summed E-state index contributed by atoms with van der Waals surface area (Å²) in [7, 11) is 1.98. The number of likely N-dealkylation sites (N-methyl/N-ethyl adjacent to an activating group) is 1. The maximum absolute atomic E-state index is 4.29. The van der Waals surface area contributed by atoms with Gasteiger partial charge in [-0.15, -0.1) is 0 Å². The highest BCUT2D eigenvalue weighted by atomic mass is 15.3. The summed E-state index contributed by atoms with van der Waals surface area (Å²) in [5, 5.41) is 7.45. The van der Waals surface area contributed by atoms with E-state index in [2.05, 4.69) is 47.8 Å². The number of aryl methyl sites for hydroxylation is 1. The highest BCUT2D eigenvalue weighted by molar-refractivity contribution is 5.23. The number of benzene rings is 1. The van der Waals surface area contributed by atoms with Gasteiger partial charge in [0, 0.05) is 6.20 Å². The smallest absolute Gasteiger partial charge is 0.0659 e. The lowest BCUT2D eigenvalue weighted by molar-refractivity contribution is 0.686. The fourth-order valence-corrected chi connectivity index (χ4v) is 1.82. The molecule has 0 atom stereocenters. The van der Waals surface area contributed by atoms with Crippen LogP contribution in [0.25, 0.3) is 0 Å². The van der Waals surface area contributed by atoms with E-state index < -0.39 is 0 Å². The van der Waals surface area contributed by atoms with Crippen LogP contribution in [0.15, 0.2) is 36.7 Å². The minimum atomic E-state index is 0.847. The summed E-state index contributed by atoms with van der Waals surface area (Å²) in [5.41, 5.74) is 3.87. The van der Waals surface area contributed by atoms with Crippen molar-refractivity contribution in [2.24, 2.45) is 0 Å². The molecule has 0 amide bonds. The molecule has 1 aromatic heterocycles. The third-order valence-corrected chi connectivity index (χ3v) is 2.79. The summed E-state index contributed by atoms with van der Waals surface area (Å²) in [6.07, 6.45) is 5.04. The maximum Gasteiger partial charge on any atom is 0.0659 e. The third-order valence-electron chi connectivity index (χ3n) is 2.79. The van der Waals surface area contributed by atoms with E-state index in [9.17, 15) is 0 Å². The van der Waals surface area contributed by atoms with Gasteiger partial charge in [-0.25, -0.2) is 0 Å². The highest BCUT2D eigenvalue weighted by Gasteiger charge is 1.97. The standard InChI is InChI=1S/C14H19N3/c1-12-9-16-17(10-12)11-14-5-3-13(4-6-14)7-8-15-2/h3-6,9-10,15H,7-8,11H2,1-2H3. The molecular formula is C14H19N3. The summed E-state index contributed by atoms with van der Waals surface area (Å²) in [5.74, 6) is 0. The molecule has 0 bridgehead atoms. The largest absolute Gasteiger partial charge is 0.319 e. The van der Waals surface area contributed by atoms with E-state index in [0.29, 0.717) is 0 Å². The Hall–Kier alpha value is -1.61. The average molecular weight is 229 g/mol. The van der Waals surface area contributed by atoms with Crippen molar-refractivity contribution in [2.75, 3.05) is 13.6 Å². The third kappa shape index (κ3) is 3.43. The summed E-state index contributed by atoms with van der Waals surface area (Å²) in [4.78, 5) is 0. The summed E-state index contributed by atoms with van der Waals surface area (Å²) in [6, 6.07) is 8.76. The number of hydrogen-bond donors (Lipinski definition) is 1. The van der Waals surface area contributed by atoms with Gasteiger partial charge in [0.05, 0.1) is 12.7 Å². The Bertz CT molecular complexity index is 457. The fourth-order valence-electron chi connectivity index (χ4n) is 1.82. The second-order valence-electron chi connectivity index (χ2n) is 4.39. The quantitative estimate of drug-likeness (QED) is 0.850. The Balaban J connectivity index is 1.98. The molecule has 90 valence electrons. The van der Waals surface area contributed by atoms with Gasteiger partial charge in [-0.2, -0.15) is 5.10 Å². The van der Waals surface area contributed by atoms with Crippen molar-refractivity contribution in [3.05, 3.63) is 53.3 Å². The molecule has 0 aliphatic rings. The molecule has 3 nitrogen and oxygen atoms in total. The van der Waals surface area contributed by atoms with Crippen molar-refractivity contribution in [1.29, 1.82) is 0 Å². The van der Waals surface area contributed by atoms with Gasteiger partial charge in [0.2, 0.25) is 0 Å². The number of rotatable bonds is 5. The highest BCUT2D eigenvalue weighted by Crippen LogP contribution is 2.07. The predicted molar refractivity (Wildman–Crippen MR) is 70.1 cm³/mol. The van der Waals surface area contributed by atoms with Crippen LogP contribution in [0.1, 0.15) is 16.7 Å². The Kier molecular flexibility index (Phi) is 3.94. The second-order valence-corrected chi connectivity index (χ2v) is 4.39. The summed E-state index contributed by atoms with van der Waals surface area (Å²) >= 11 is 0. The first kappa shape index (κ1) is 11.9. The van der Waals surface area contributed by atoms with Crippen molar-refractivity contribution in [2.45, 2.75) is 19.9 Å². The van der Waals surface area contributed by atoms with Crippen LogP contribution in [0.3, 0.4) is 0 Å². The van der Waals surface area contributed by atoms with Crippen molar-refractivity contribution in [3.8, 4) is 0 Å². The van der Waals surface area contributed by atoms with Crippen LogP contribution in [0.2, 0.25) is 0 Å². The normalized spacial score (nSPS) is 10.7. The van der Waals surface area contributed by atoms with E-state index >= 15 is 0 Å². The van der Waals surface area contributed by atoms with Crippen molar-refractivity contribution in [1.82, 2.24) is 15.1 Å². The molecule has 0 saturated heterocycles. The van der Waals surface area contributed by atoms with Crippen LogP contribution < -0.4 is 5.32 Å². The van der Waals surface area contributed by atoms with E-state index in [1.54, 1.807) is 0 Å². The average Bonchev–Trinajstić information content (AvgIpc) is 2.74. The van der Waals surface area contributed by atoms with Crippen molar-refractivity contribution >= 4 is 0 Å². The zero-order valence-corrected chi connectivity index (χ0v) is 10.5. The number of hydrogen-bond acceptors (Lipinski definition) is 2. The number of aromatic nitrogens is 2.